The van der Waals surface area contributed by atoms with Gasteiger partial charge in [0.25, 0.3) is 0 Å². The molecular formula is C11H16ClN3O. The van der Waals surface area contributed by atoms with Crippen LogP contribution in [0.15, 0.2) is 6.33 Å². The summed E-state index contributed by atoms with van der Waals surface area (Å²) in [6, 6.07) is 0. The molecule has 1 aliphatic rings. The molecule has 4 nitrogen and oxygen atoms in total. The number of hydrogen-bond acceptors (Lipinski definition) is 4. The third-order valence-electron chi connectivity index (χ3n) is 2.88. The lowest BCUT2D eigenvalue weighted by Gasteiger charge is -2.35. The van der Waals surface area contributed by atoms with Crippen molar-refractivity contribution >= 4 is 17.4 Å². The number of nitrogens with zero attached hydrogens (tertiary/aromatic N) is 2. The van der Waals surface area contributed by atoms with Gasteiger partial charge in [0.15, 0.2) is 0 Å². The predicted molar refractivity (Wildman–Crippen MR) is 63.9 cm³/mol. The van der Waals surface area contributed by atoms with Crippen molar-refractivity contribution in [1.82, 2.24) is 9.97 Å². The Morgan fingerprint density at radius 1 is 1.50 bits per heavy atom. The SMILES string of the molecule is Cc1c(Cl)ncnc1NC1(C)CCCOC1. The number of hydrogen-bond donors (Lipinski definition) is 1. The topological polar surface area (TPSA) is 47.0 Å². The van der Waals surface area contributed by atoms with Gasteiger partial charge in [-0.05, 0) is 26.7 Å². The van der Waals surface area contributed by atoms with Gasteiger partial charge in [-0.1, -0.05) is 11.6 Å². The van der Waals surface area contributed by atoms with Gasteiger partial charge in [-0.25, -0.2) is 9.97 Å². The van der Waals surface area contributed by atoms with E-state index >= 15 is 0 Å². The molecule has 0 radical (unpaired) electrons. The minimum absolute atomic E-state index is 0.0549. The maximum Gasteiger partial charge on any atom is 0.137 e. The molecule has 0 amide bonds. The van der Waals surface area contributed by atoms with Crippen LogP contribution in [0.2, 0.25) is 5.15 Å². The number of nitrogens with one attached hydrogen (secondary N) is 1. The second-order valence-corrected chi connectivity index (χ2v) is 4.84. The molecule has 88 valence electrons. The lowest BCUT2D eigenvalue weighted by atomic mass is 9.95. The summed E-state index contributed by atoms with van der Waals surface area (Å²) in [5.74, 6) is 0.799. The quantitative estimate of drug-likeness (QED) is 0.808. The van der Waals surface area contributed by atoms with E-state index in [1.165, 1.54) is 6.33 Å². The third-order valence-corrected chi connectivity index (χ3v) is 3.26. The van der Waals surface area contributed by atoms with Crippen molar-refractivity contribution in [2.75, 3.05) is 18.5 Å². The molecule has 1 aromatic heterocycles. The van der Waals surface area contributed by atoms with Crippen LogP contribution in [0.4, 0.5) is 5.82 Å². The van der Waals surface area contributed by atoms with Crippen molar-refractivity contribution in [3.63, 3.8) is 0 Å². The summed E-state index contributed by atoms with van der Waals surface area (Å²) in [5, 5.41) is 3.90. The first-order valence-corrected chi connectivity index (χ1v) is 5.82. The highest BCUT2D eigenvalue weighted by Crippen LogP contribution is 2.26. The van der Waals surface area contributed by atoms with Crippen molar-refractivity contribution in [2.45, 2.75) is 32.2 Å². The lowest BCUT2D eigenvalue weighted by Crippen LogP contribution is -2.43. The van der Waals surface area contributed by atoms with Gasteiger partial charge in [0, 0.05) is 12.2 Å². The summed E-state index contributed by atoms with van der Waals surface area (Å²) in [7, 11) is 0. The second-order valence-electron chi connectivity index (χ2n) is 4.48. The Hall–Kier alpha value is -0.870. The van der Waals surface area contributed by atoms with E-state index in [-0.39, 0.29) is 5.54 Å². The summed E-state index contributed by atoms with van der Waals surface area (Å²) in [5.41, 5.74) is 0.830. The van der Waals surface area contributed by atoms with E-state index in [1.54, 1.807) is 0 Å². The van der Waals surface area contributed by atoms with Crippen molar-refractivity contribution in [2.24, 2.45) is 0 Å². The maximum atomic E-state index is 5.95. The van der Waals surface area contributed by atoms with Crippen LogP contribution >= 0.6 is 11.6 Å². The molecule has 2 heterocycles. The zero-order valence-electron chi connectivity index (χ0n) is 9.59. The number of halogens is 1. The van der Waals surface area contributed by atoms with Gasteiger partial charge in [0.05, 0.1) is 12.1 Å². The average molecular weight is 242 g/mol. The second kappa shape index (κ2) is 4.55. The number of ether oxygens (including phenoxy) is 1. The van der Waals surface area contributed by atoms with E-state index in [4.69, 9.17) is 16.3 Å². The Balaban J connectivity index is 2.16. The first-order chi connectivity index (χ1) is 7.61. The Kier molecular flexibility index (Phi) is 3.30. The monoisotopic (exact) mass is 241 g/mol. The molecule has 0 bridgehead atoms. The summed E-state index contributed by atoms with van der Waals surface area (Å²) in [6.45, 7) is 5.61. The molecule has 1 aromatic rings. The molecule has 1 fully saturated rings. The van der Waals surface area contributed by atoms with Gasteiger partial charge in [-0.15, -0.1) is 0 Å². The fourth-order valence-corrected chi connectivity index (χ4v) is 2.01. The van der Waals surface area contributed by atoms with Gasteiger partial charge in [-0.3, -0.25) is 0 Å². The molecule has 0 aromatic carbocycles. The lowest BCUT2D eigenvalue weighted by molar-refractivity contribution is 0.0538. The Bertz CT molecular complexity index is 377. The largest absolute Gasteiger partial charge is 0.379 e. The van der Waals surface area contributed by atoms with Crippen LogP contribution in [-0.4, -0.2) is 28.7 Å². The Labute approximate surface area is 100 Å². The smallest absolute Gasteiger partial charge is 0.137 e. The van der Waals surface area contributed by atoms with E-state index in [0.29, 0.717) is 11.8 Å². The van der Waals surface area contributed by atoms with Crippen molar-refractivity contribution in [1.29, 1.82) is 0 Å². The van der Waals surface area contributed by atoms with Gasteiger partial charge in [0.2, 0.25) is 0 Å². The Morgan fingerprint density at radius 3 is 3.00 bits per heavy atom. The van der Waals surface area contributed by atoms with Gasteiger partial charge >= 0.3 is 0 Å². The highest BCUT2D eigenvalue weighted by atomic mass is 35.5. The van der Waals surface area contributed by atoms with Crippen LogP contribution in [0.1, 0.15) is 25.3 Å². The summed E-state index contributed by atoms with van der Waals surface area (Å²) in [4.78, 5) is 8.15. The number of anilines is 1. The maximum absolute atomic E-state index is 5.95. The van der Waals surface area contributed by atoms with Crippen LogP contribution in [0.3, 0.4) is 0 Å². The van der Waals surface area contributed by atoms with Crippen molar-refractivity contribution < 1.29 is 4.74 Å². The first-order valence-electron chi connectivity index (χ1n) is 5.44. The zero-order chi connectivity index (χ0) is 11.6. The third kappa shape index (κ3) is 2.44. The van der Waals surface area contributed by atoms with Gasteiger partial charge in [-0.2, -0.15) is 0 Å². The molecule has 1 aliphatic heterocycles. The van der Waals surface area contributed by atoms with Crippen LogP contribution in [0, 0.1) is 6.92 Å². The molecule has 1 N–H and O–H groups in total. The number of aromatic nitrogens is 2. The summed E-state index contributed by atoms with van der Waals surface area (Å²) in [6.07, 6.45) is 3.63. The highest BCUT2D eigenvalue weighted by Gasteiger charge is 2.28. The van der Waals surface area contributed by atoms with E-state index in [2.05, 4.69) is 22.2 Å². The number of rotatable bonds is 2. The van der Waals surface area contributed by atoms with Gasteiger partial charge < -0.3 is 10.1 Å². The van der Waals surface area contributed by atoms with Crippen molar-refractivity contribution in [3.8, 4) is 0 Å². The van der Waals surface area contributed by atoms with E-state index in [0.717, 1.165) is 30.8 Å². The first kappa shape index (κ1) is 11.6. The predicted octanol–water partition coefficient (Wildman–Crippen LogP) is 2.42. The molecular weight excluding hydrogens is 226 g/mol. The molecule has 1 atom stereocenters. The molecule has 5 heteroatoms. The minimum Gasteiger partial charge on any atom is -0.379 e. The van der Waals surface area contributed by atoms with Gasteiger partial charge in [0.1, 0.15) is 17.3 Å². The normalized spacial score (nSPS) is 25.4. The van der Waals surface area contributed by atoms with E-state index < -0.39 is 0 Å². The average Bonchev–Trinajstić information content (AvgIpc) is 2.26. The van der Waals surface area contributed by atoms with Crippen LogP contribution < -0.4 is 5.32 Å². The molecule has 0 saturated carbocycles. The molecule has 1 unspecified atom stereocenters. The molecule has 16 heavy (non-hydrogen) atoms. The molecule has 2 rings (SSSR count). The van der Waals surface area contributed by atoms with Crippen molar-refractivity contribution in [3.05, 3.63) is 17.0 Å². The van der Waals surface area contributed by atoms with Crippen LogP contribution in [0.5, 0.6) is 0 Å². The Morgan fingerprint density at radius 2 is 2.31 bits per heavy atom. The standard InChI is InChI=1S/C11H16ClN3O/c1-8-9(12)13-7-14-10(8)15-11(2)4-3-5-16-6-11/h7H,3-6H2,1-2H3,(H,13,14,15). The fraction of sp³-hybridized carbons (Fsp3) is 0.636. The summed E-state index contributed by atoms with van der Waals surface area (Å²) >= 11 is 5.95. The van der Waals surface area contributed by atoms with Crippen LogP contribution in [-0.2, 0) is 4.74 Å². The van der Waals surface area contributed by atoms with Crippen LogP contribution in [0.25, 0.3) is 0 Å². The minimum atomic E-state index is -0.0549. The van der Waals surface area contributed by atoms with E-state index in [9.17, 15) is 0 Å². The zero-order valence-corrected chi connectivity index (χ0v) is 10.3. The highest BCUT2D eigenvalue weighted by molar-refractivity contribution is 6.30. The molecule has 1 saturated heterocycles. The molecule has 0 spiro atoms. The van der Waals surface area contributed by atoms with E-state index in [1.807, 2.05) is 6.92 Å². The fourth-order valence-electron chi connectivity index (χ4n) is 1.87. The molecule has 0 aliphatic carbocycles. The summed E-state index contributed by atoms with van der Waals surface area (Å²) < 4.78 is 5.49.